The molecule has 1 N–H and O–H groups in total. The highest BCUT2D eigenvalue weighted by Crippen LogP contribution is 2.39. The zero-order valence-electron chi connectivity index (χ0n) is 14.0. The van der Waals surface area contributed by atoms with Crippen molar-refractivity contribution in [2.45, 2.75) is 19.3 Å². The molecule has 0 radical (unpaired) electrons. The monoisotopic (exact) mass is 372 g/mol. The molecule has 0 saturated heterocycles. The number of hydrogen-bond donors (Lipinski definition) is 1. The van der Waals surface area contributed by atoms with Crippen LogP contribution in [0.15, 0.2) is 30.3 Å². The number of benzene rings is 1. The van der Waals surface area contributed by atoms with Crippen LogP contribution in [-0.4, -0.2) is 23.9 Å². The summed E-state index contributed by atoms with van der Waals surface area (Å²) in [6.45, 7) is 0. The SMILES string of the molecule is COC(=O)c1c(NC(=O)/C=C/c2cccc([N+](=O)[O-])c2)sc2c1CCC2. The van der Waals surface area contributed by atoms with E-state index in [-0.39, 0.29) is 5.69 Å². The molecule has 134 valence electrons. The predicted octanol–water partition coefficient (Wildman–Crippen LogP) is 3.58. The number of ether oxygens (including phenoxy) is 1. The number of non-ortho nitro benzene ring substituents is 1. The van der Waals surface area contributed by atoms with Crippen LogP contribution >= 0.6 is 11.3 Å². The number of thiophene rings is 1. The number of aryl methyl sites for hydroxylation is 1. The maximum atomic E-state index is 12.2. The van der Waals surface area contributed by atoms with Crippen LogP contribution in [0.3, 0.4) is 0 Å². The summed E-state index contributed by atoms with van der Waals surface area (Å²) >= 11 is 1.39. The lowest BCUT2D eigenvalue weighted by Gasteiger charge is -2.05. The largest absolute Gasteiger partial charge is 0.465 e. The average molecular weight is 372 g/mol. The van der Waals surface area contributed by atoms with Gasteiger partial charge in [0.2, 0.25) is 5.91 Å². The highest BCUT2D eigenvalue weighted by molar-refractivity contribution is 7.17. The average Bonchev–Trinajstić information content (AvgIpc) is 3.20. The van der Waals surface area contributed by atoms with Crippen LogP contribution in [0.1, 0.15) is 32.8 Å². The molecule has 26 heavy (non-hydrogen) atoms. The van der Waals surface area contributed by atoms with Crippen molar-refractivity contribution in [3.63, 3.8) is 0 Å². The Labute approximate surface area is 153 Å². The van der Waals surface area contributed by atoms with E-state index in [9.17, 15) is 19.7 Å². The summed E-state index contributed by atoms with van der Waals surface area (Å²) in [5, 5.41) is 14.0. The van der Waals surface area contributed by atoms with E-state index in [0.717, 1.165) is 29.7 Å². The Kier molecular flexibility index (Phi) is 5.13. The van der Waals surface area contributed by atoms with Crippen molar-refractivity contribution in [3.05, 3.63) is 62.0 Å². The van der Waals surface area contributed by atoms with Gasteiger partial charge in [0.25, 0.3) is 5.69 Å². The summed E-state index contributed by atoms with van der Waals surface area (Å²) in [5.41, 5.74) is 1.88. The molecule has 1 aliphatic rings. The molecule has 0 aliphatic heterocycles. The molecule has 1 amide bonds. The van der Waals surface area contributed by atoms with E-state index in [4.69, 9.17) is 4.74 Å². The number of rotatable bonds is 5. The third-order valence-corrected chi connectivity index (χ3v) is 5.26. The fraction of sp³-hybridized carbons (Fsp3) is 0.222. The minimum absolute atomic E-state index is 0.0461. The predicted molar refractivity (Wildman–Crippen MR) is 98.4 cm³/mol. The van der Waals surface area contributed by atoms with E-state index in [0.29, 0.717) is 16.1 Å². The Hall–Kier alpha value is -3.00. The van der Waals surface area contributed by atoms with Gasteiger partial charge in [-0.1, -0.05) is 12.1 Å². The number of amides is 1. The molecule has 0 atom stereocenters. The van der Waals surface area contributed by atoms with Crippen LogP contribution in [0.2, 0.25) is 0 Å². The van der Waals surface area contributed by atoms with Crippen LogP contribution in [-0.2, 0) is 22.4 Å². The second-order valence-corrected chi connectivity index (χ2v) is 6.83. The molecular weight excluding hydrogens is 356 g/mol. The van der Waals surface area contributed by atoms with Gasteiger partial charge in [0.05, 0.1) is 17.6 Å². The van der Waals surface area contributed by atoms with E-state index in [2.05, 4.69) is 5.32 Å². The second-order valence-electron chi connectivity index (χ2n) is 5.73. The quantitative estimate of drug-likeness (QED) is 0.374. The lowest BCUT2D eigenvalue weighted by Crippen LogP contribution is -2.12. The Morgan fingerprint density at radius 2 is 2.15 bits per heavy atom. The third kappa shape index (κ3) is 3.65. The van der Waals surface area contributed by atoms with Gasteiger partial charge in [-0.3, -0.25) is 14.9 Å². The van der Waals surface area contributed by atoms with Crippen molar-refractivity contribution in [1.82, 2.24) is 0 Å². The summed E-state index contributed by atoms with van der Waals surface area (Å²) in [6, 6.07) is 5.97. The molecule has 7 nitrogen and oxygen atoms in total. The van der Waals surface area contributed by atoms with E-state index in [1.807, 2.05) is 0 Å². The van der Waals surface area contributed by atoms with Crippen molar-refractivity contribution >= 4 is 40.0 Å². The number of esters is 1. The summed E-state index contributed by atoms with van der Waals surface area (Å²) < 4.78 is 4.84. The van der Waals surface area contributed by atoms with Crippen LogP contribution in [0, 0.1) is 10.1 Å². The first-order valence-corrected chi connectivity index (χ1v) is 8.77. The van der Waals surface area contributed by atoms with Crippen LogP contribution in [0.25, 0.3) is 6.08 Å². The van der Waals surface area contributed by atoms with Crippen molar-refractivity contribution in [1.29, 1.82) is 0 Å². The summed E-state index contributed by atoms with van der Waals surface area (Å²) in [4.78, 5) is 35.7. The minimum atomic E-state index is -0.493. The molecule has 1 aromatic carbocycles. The molecule has 0 spiro atoms. The zero-order chi connectivity index (χ0) is 18.7. The molecule has 0 bridgehead atoms. The minimum Gasteiger partial charge on any atom is -0.465 e. The Balaban J connectivity index is 1.78. The highest BCUT2D eigenvalue weighted by atomic mass is 32.1. The first-order valence-electron chi connectivity index (χ1n) is 7.96. The number of carbonyl (C=O) groups excluding carboxylic acids is 2. The molecule has 0 saturated carbocycles. The van der Waals surface area contributed by atoms with E-state index < -0.39 is 16.8 Å². The maximum absolute atomic E-state index is 12.2. The van der Waals surface area contributed by atoms with Crippen molar-refractivity contribution in [2.75, 3.05) is 12.4 Å². The molecular formula is C18H16N2O5S. The standard InChI is InChI=1S/C18H16N2O5S/c1-25-18(22)16-13-6-3-7-14(13)26-17(16)19-15(21)9-8-11-4-2-5-12(10-11)20(23)24/h2,4-5,8-10H,3,6-7H2,1H3,(H,19,21)/b9-8+. The maximum Gasteiger partial charge on any atom is 0.341 e. The molecule has 0 unspecified atom stereocenters. The number of nitro groups is 1. The van der Waals surface area contributed by atoms with Crippen molar-refractivity contribution in [2.24, 2.45) is 0 Å². The van der Waals surface area contributed by atoms with Gasteiger partial charge >= 0.3 is 5.97 Å². The van der Waals surface area contributed by atoms with Crippen LogP contribution in [0.5, 0.6) is 0 Å². The number of anilines is 1. The Bertz CT molecular complexity index is 916. The highest BCUT2D eigenvalue weighted by Gasteiger charge is 2.27. The molecule has 1 heterocycles. The fourth-order valence-corrected chi connectivity index (χ4v) is 4.16. The first kappa shape index (κ1) is 17.8. The van der Waals surface area contributed by atoms with Crippen LogP contribution in [0.4, 0.5) is 10.7 Å². The van der Waals surface area contributed by atoms with Gasteiger partial charge < -0.3 is 10.1 Å². The van der Waals surface area contributed by atoms with E-state index >= 15 is 0 Å². The normalized spacial score (nSPS) is 12.8. The van der Waals surface area contributed by atoms with Gasteiger partial charge in [-0.2, -0.15) is 0 Å². The molecule has 1 aromatic heterocycles. The molecule has 2 aromatic rings. The third-order valence-electron chi connectivity index (χ3n) is 4.06. The van der Waals surface area contributed by atoms with Gasteiger partial charge in [0.15, 0.2) is 0 Å². The summed E-state index contributed by atoms with van der Waals surface area (Å²) in [6.07, 6.45) is 5.46. The van der Waals surface area contributed by atoms with Gasteiger partial charge in [-0.25, -0.2) is 4.79 Å². The second kappa shape index (κ2) is 7.49. The first-order chi connectivity index (χ1) is 12.5. The lowest BCUT2D eigenvalue weighted by atomic mass is 10.1. The molecule has 3 rings (SSSR count). The van der Waals surface area contributed by atoms with Crippen LogP contribution < -0.4 is 5.32 Å². The zero-order valence-corrected chi connectivity index (χ0v) is 14.8. The Morgan fingerprint density at radius 3 is 2.88 bits per heavy atom. The van der Waals surface area contributed by atoms with Gasteiger partial charge in [0, 0.05) is 23.1 Å². The fourth-order valence-electron chi connectivity index (χ4n) is 2.88. The number of nitrogens with one attached hydrogen (secondary N) is 1. The molecule has 8 heteroatoms. The van der Waals surface area contributed by atoms with Crippen molar-refractivity contribution < 1.29 is 19.2 Å². The topological polar surface area (TPSA) is 98.5 Å². The number of carbonyl (C=O) groups is 2. The number of nitro benzene ring substituents is 1. The summed E-state index contributed by atoms with van der Waals surface area (Å²) in [5.74, 6) is -0.871. The number of fused-ring (bicyclic) bond motifs is 1. The smallest absolute Gasteiger partial charge is 0.341 e. The Morgan fingerprint density at radius 1 is 1.35 bits per heavy atom. The van der Waals surface area contributed by atoms with Gasteiger partial charge in [-0.05, 0) is 36.5 Å². The number of hydrogen-bond acceptors (Lipinski definition) is 6. The lowest BCUT2D eigenvalue weighted by molar-refractivity contribution is -0.384. The van der Waals surface area contributed by atoms with Gasteiger partial charge in [-0.15, -0.1) is 11.3 Å². The number of nitrogens with zero attached hydrogens (tertiary/aromatic N) is 1. The van der Waals surface area contributed by atoms with E-state index in [1.54, 1.807) is 12.1 Å². The molecule has 1 aliphatic carbocycles. The molecule has 0 fully saturated rings. The number of methoxy groups -OCH3 is 1. The van der Waals surface area contributed by atoms with Crippen molar-refractivity contribution in [3.8, 4) is 0 Å². The van der Waals surface area contributed by atoms with E-state index in [1.165, 1.54) is 42.7 Å². The summed E-state index contributed by atoms with van der Waals surface area (Å²) in [7, 11) is 1.31. The van der Waals surface area contributed by atoms with Gasteiger partial charge in [0.1, 0.15) is 5.00 Å².